The number of hydrogen-bond acceptors (Lipinski definition) is 4. The van der Waals surface area contributed by atoms with Gasteiger partial charge in [0, 0.05) is 42.8 Å². The maximum Gasteiger partial charge on any atom is 0.319 e. The fraction of sp³-hybridized carbons (Fsp3) is 0.400. The lowest BCUT2D eigenvalue weighted by Crippen LogP contribution is -2.39. The number of carbonyl (C=O) groups excluding carboxylic acids is 2. The molecule has 3 amide bonds. The summed E-state index contributed by atoms with van der Waals surface area (Å²) in [6, 6.07) is 12.6. The Kier molecular flexibility index (Phi) is 6.61. The Balaban J connectivity index is 1.45. The molecule has 1 heterocycles. The Hall–Kier alpha value is -3.44. The van der Waals surface area contributed by atoms with E-state index in [1.54, 1.807) is 23.1 Å². The van der Waals surface area contributed by atoms with Gasteiger partial charge in [-0.05, 0) is 67.1 Å². The number of aryl methyl sites for hydroxylation is 1. The van der Waals surface area contributed by atoms with Gasteiger partial charge in [-0.15, -0.1) is 0 Å². The van der Waals surface area contributed by atoms with Gasteiger partial charge in [-0.25, -0.2) is 9.18 Å². The highest BCUT2D eigenvalue weighted by atomic mass is 19.1. The Morgan fingerprint density at radius 3 is 2.64 bits per heavy atom. The molecule has 1 atom stereocenters. The summed E-state index contributed by atoms with van der Waals surface area (Å²) in [6.07, 6.45) is 3.66. The maximum atomic E-state index is 13.2. The van der Waals surface area contributed by atoms with Gasteiger partial charge >= 0.3 is 6.03 Å². The smallest absolute Gasteiger partial charge is 0.319 e. The zero-order valence-corrected chi connectivity index (χ0v) is 18.3. The maximum absolute atomic E-state index is 13.2. The average Bonchev–Trinajstić information content (AvgIpc) is 3.55. The lowest BCUT2D eigenvalue weighted by Gasteiger charge is -2.32. The van der Waals surface area contributed by atoms with Gasteiger partial charge in [0.1, 0.15) is 5.82 Å². The highest BCUT2D eigenvalue weighted by molar-refractivity contribution is 5.97. The number of benzene rings is 2. The van der Waals surface area contributed by atoms with E-state index in [4.69, 9.17) is 5.26 Å². The first-order valence-corrected chi connectivity index (χ1v) is 11.2. The largest absolute Gasteiger partial charge is 0.396 e. The van der Waals surface area contributed by atoms with Gasteiger partial charge in [0.05, 0.1) is 12.1 Å². The predicted molar refractivity (Wildman–Crippen MR) is 122 cm³/mol. The molecule has 2 aliphatic rings. The van der Waals surface area contributed by atoms with Crippen LogP contribution in [0.1, 0.15) is 49.3 Å². The quantitative estimate of drug-likeness (QED) is 0.564. The zero-order chi connectivity index (χ0) is 23.4. The molecule has 172 valence electrons. The van der Waals surface area contributed by atoms with E-state index in [-0.39, 0.29) is 23.7 Å². The third-order valence-corrected chi connectivity index (χ3v) is 6.44. The fourth-order valence-electron chi connectivity index (χ4n) is 4.35. The van der Waals surface area contributed by atoms with Crippen LogP contribution in [0.15, 0.2) is 42.5 Å². The number of aliphatic hydroxyl groups excluding tert-OH is 1. The minimum atomic E-state index is -0.462. The van der Waals surface area contributed by atoms with E-state index < -0.39 is 12.1 Å². The summed E-state index contributed by atoms with van der Waals surface area (Å²) in [7, 11) is 0. The van der Waals surface area contributed by atoms with Crippen LogP contribution in [0.25, 0.3) is 0 Å². The van der Waals surface area contributed by atoms with Crippen molar-refractivity contribution in [2.75, 3.05) is 23.4 Å². The number of nitrogens with one attached hydrogen (secondary N) is 2. The average molecular weight is 451 g/mol. The number of fused-ring (bicyclic) bond motifs is 1. The Bertz CT molecular complexity index is 1080. The third kappa shape index (κ3) is 5.32. The lowest BCUT2D eigenvalue weighted by atomic mass is 9.96. The van der Waals surface area contributed by atoms with Crippen molar-refractivity contribution in [3.05, 3.63) is 59.4 Å². The third-order valence-electron chi connectivity index (χ3n) is 6.44. The van der Waals surface area contributed by atoms with Crippen molar-refractivity contribution in [3.8, 4) is 6.07 Å². The summed E-state index contributed by atoms with van der Waals surface area (Å²) in [4.78, 5) is 27.0. The number of urea groups is 1. The van der Waals surface area contributed by atoms with Crippen molar-refractivity contribution >= 4 is 23.3 Å². The molecule has 1 aliphatic carbocycles. The molecule has 1 fully saturated rings. The molecule has 3 N–H and O–H groups in total. The van der Waals surface area contributed by atoms with Gasteiger partial charge in [-0.1, -0.05) is 12.1 Å². The second-order valence-corrected chi connectivity index (χ2v) is 8.87. The van der Waals surface area contributed by atoms with Gasteiger partial charge < -0.3 is 20.6 Å². The molecule has 33 heavy (non-hydrogen) atoms. The SMILES string of the molecule is N#CCC1(CN2C(=O)CCc3cc(NC(=O)NC(CCO)c4ccc(F)cc4)ccc32)CC1. The molecule has 0 bridgehead atoms. The van der Waals surface area contributed by atoms with Crippen molar-refractivity contribution in [1.29, 1.82) is 5.26 Å². The van der Waals surface area contributed by atoms with E-state index in [0.717, 1.165) is 24.1 Å². The van der Waals surface area contributed by atoms with Gasteiger partial charge in [0.2, 0.25) is 5.91 Å². The van der Waals surface area contributed by atoms with Crippen LogP contribution in [0.2, 0.25) is 0 Å². The standard InChI is InChI=1S/C25H27FN4O3/c26-19-4-1-17(2-5-19)21(9-14-31)29-24(33)28-20-6-7-22-18(15-20)3-8-23(32)30(22)16-25(10-11-25)12-13-27/h1-2,4-7,15,21,31H,3,8-12,14,16H2,(H2,28,29,33). The van der Waals surface area contributed by atoms with E-state index >= 15 is 0 Å². The summed E-state index contributed by atoms with van der Waals surface area (Å²) >= 11 is 0. The Morgan fingerprint density at radius 2 is 1.97 bits per heavy atom. The minimum absolute atomic E-state index is 0.0660. The molecule has 7 nitrogen and oxygen atoms in total. The monoisotopic (exact) mass is 450 g/mol. The van der Waals surface area contributed by atoms with E-state index in [1.807, 2.05) is 12.1 Å². The molecule has 8 heteroatoms. The molecular formula is C25H27FN4O3. The van der Waals surface area contributed by atoms with E-state index in [9.17, 15) is 19.1 Å². The van der Waals surface area contributed by atoms with Gasteiger partial charge in [-0.2, -0.15) is 5.26 Å². The number of carbonyl (C=O) groups is 2. The van der Waals surface area contributed by atoms with Gasteiger partial charge in [0.15, 0.2) is 0 Å². The normalized spacial score (nSPS) is 17.0. The minimum Gasteiger partial charge on any atom is -0.396 e. The Labute approximate surface area is 192 Å². The van der Waals surface area contributed by atoms with E-state index in [0.29, 0.717) is 43.5 Å². The van der Waals surface area contributed by atoms with Crippen LogP contribution in [0.3, 0.4) is 0 Å². The molecule has 0 radical (unpaired) electrons. The van der Waals surface area contributed by atoms with Crippen LogP contribution in [0.5, 0.6) is 0 Å². The molecule has 1 unspecified atom stereocenters. The highest BCUT2D eigenvalue weighted by Gasteiger charge is 2.45. The molecule has 1 saturated carbocycles. The first-order chi connectivity index (χ1) is 15.9. The van der Waals surface area contributed by atoms with Crippen molar-refractivity contribution < 1.29 is 19.1 Å². The molecule has 0 saturated heterocycles. The molecular weight excluding hydrogens is 423 g/mol. The number of anilines is 2. The van der Waals surface area contributed by atoms with E-state index in [1.165, 1.54) is 12.1 Å². The second-order valence-electron chi connectivity index (χ2n) is 8.87. The summed E-state index contributed by atoms with van der Waals surface area (Å²) < 4.78 is 13.2. The van der Waals surface area contributed by atoms with Crippen molar-refractivity contribution in [2.45, 2.75) is 44.6 Å². The number of halogens is 1. The number of hydrogen-bond donors (Lipinski definition) is 3. The molecule has 0 spiro atoms. The first-order valence-electron chi connectivity index (χ1n) is 11.2. The molecule has 4 rings (SSSR count). The van der Waals surface area contributed by atoms with Gasteiger partial charge in [0.25, 0.3) is 0 Å². The summed E-state index contributed by atoms with van der Waals surface area (Å²) in [5.74, 6) is -0.302. The number of rotatable bonds is 8. The molecule has 2 aromatic rings. The molecule has 0 aromatic heterocycles. The number of nitrogens with zero attached hydrogens (tertiary/aromatic N) is 2. The predicted octanol–water partition coefficient (Wildman–Crippen LogP) is 4.04. The van der Waals surface area contributed by atoms with Gasteiger partial charge in [-0.3, -0.25) is 4.79 Å². The summed E-state index contributed by atoms with van der Waals surface area (Å²) in [5.41, 5.74) is 3.03. The first kappa shape index (κ1) is 22.7. The topological polar surface area (TPSA) is 105 Å². The van der Waals surface area contributed by atoms with Crippen LogP contribution in [0.4, 0.5) is 20.6 Å². The second kappa shape index (κ2) is 9.59. The van der Waals surface area contributed by atoms with Crippen molar-refractivity contribution in [1.82, 2.24) is 5.32 Å². The van der Waals surface area contributed by atoms with Crippen LogP contribution in [0, 0.1) is 22.6 Å². The van der Waals surface area contributed by atoms with E-state index in [2.05, 4.69) is 16.7 Å². The Morgan fingerprint density at radius 1 is 1.21 bits per heavy atom. The number of amides is 3. The fourth-order valence-corrected chi connectivity index (χ4v) is 4.35. The molecule has 2 aromatic carbocycles. The van der Waals surface area contributed by atoms with Crippen LogP contribution in [-0.4, -0.2) is 30.2 Å². The number of nitriles is 1. The van der Waals surface area contributed by atoms with Crippen molar-refractivity contribution in [2.24, 2.45) is 5.41 Å². The molecule has 1 aliphatic heterocycles. The summed E-state index contributed by atoms with van der Waals surface area (Å²) in [5, 5.41) is 24.1. The lowest BCUT2D eigenvalue weighted by molar-refractivity contribution is -0.119. The van der Waals surface area contributed by atoms with Crippen LogP contribution < -0.4 is 15.5 Å². The van der Waals surface area contributed by atoms with Crippen molar-refractivity contribution in [3.63, 3.8) is 0 Å². The van der Waals surface area contributed by atoms with Crippen LogP contribution >= 0.6 is 0 Å². The number of aliphatic hydroxyl groups is 1. The zero-order valence-electron chi connectivity index (χ0n) is 18.3. The summed E-state index contributed by atoms with van der Waals surface area (Å²) in [6.45, 7) is 0.429. The van der Waals surface area contributed by atoms with Crippen LogP contribution in [-0.2, 0) is 11.2 Å². The highest BCUT2D eigenvalue weighted by Crippen LogP contribution is 2.50.